The zero-order valence-corrected chi connectivity index (χ0v) is 14.7. The maximum atomic E-state index is 12.4. The maximum absolute atomic E-state index is 12.4. The van der Waals surface area contributed by atoms with Crippen LogP contribution in [-0.2, 0) is 21.4 Å². The van der Waals surface area contributed by atoms with E-state index in [1.54, 1.807) is 29.9 Å². The number of likely N-dealkylation sites (tertiary alicyclic amines) is 1. The van der Waals surface area contributed by atoms with Gasteiger partial charge in [0.15, 0.2) is 5.82 Å². The topological polar surface area (TPSA) is 127 Å². The summed E-state index contributed by atoms with van der Waals surface area (Å²) in [5.41, 5.74) is 6.04. The van der Waals surface area contributed by atoms with E-state index in [9.17, 15) is 19.2 Å². The molecule has 9 heteroatoms. The van der Waals surface area contributed by atoms with E-state index in [2.05, 4.69) is 10.3 Å². The number of nitrogens with two attached hydrogens (primary N) is 1. The molecule has 1 atom stereocenters. The van der Waals surface area contributed by atoms with E-state index in [4.69, 9.17) is 5.73 Å². The third-order valence-corrected chi connectivity index (χ3v) is 4.47. The Morgan fingerprint density at radius 1 is 1.19 bits per heavy atom. The quantitative estimate of drug-likeness (QED) is 0.582. The Kier molecular flexibility index (Phi) is 5.02. The highest BCUT2D eigenvalue weighted by molar-refractivity contribution is 6.40. The Labute approximate surface area is 155 Å². The van der Waals surface area contributed by atoms with Crippen molar-refractivity contribution in [3.05, 3.63) is 48.0 Å². The van der Waals surface area contributed by atoms with Crippen LogP contribution in [0.4, 0.5) is 5.69 Å². The molecule has 1 saturated heterocycles. The van der Waals surface area contributed by atoms with Crippen LogP contribution >= 0.6 is 0 Å². The fourth-order valence-corrected chi connectivity index (χ4v) is 3.04. The van der Waals surface area contributed by atoms with Gasteiger partial charge in [0.25, 0.3) is 0 Å². The van der Waals surface area contributed by atoms with Crippen molar-refractivity contribution in [2.24, 2.45) is 12.8 Å². The van der Waals surface area contributed by atoms with Gasteiger partial charge in [-0.2, -0.15) is 0 Å². The van der Waals surface area contributed by atoms with E-state index in [1.807, 2.05) is 0 Å². The first-order chi connectivity index (χ1) is 12.9. The molecule has 2 aromatic rings. The van der Waals surface area contributed by atoms with Crippen LogP contribution in [0.2, 0.25) is 0 Å². The number of benzene rings is 1. The van der Waals surface area contributed by atoms with Crippen molar-refractivity contribution < 1.29 is 19.2 Å². The molecule has 1 aromatic heterocycles. The number of imidazole rings is 1. The molecule has 27 heavy (non-hydrogen) atoms. The number of amides is 3. The zero-order chi connectivity index (χ0) is 19.6. The van der Waals surface area contributed by atoms with E-state index in [0.29, 0.717) is 36.5 Å². The summed E-state index contributed by atoms with van der Waals surface area (Å²) in [6.45, 7) is 0.316. The van der Waals surface area contributed by atoms with Gasteiger partial charge in [-0.15, -0.1) is 0 Å². The second-order valence-corrected chi connectivity index (χ2v) is 6.28. The molecule has 0 spiro atoms. The van der Waals surface area contributed by atoms with E-state index in [0.717, 1.165) is 0 Å². The second-order valence-electron chi connectivity index (χ2n) is 6.28. The lowest BCUT2D eigenvalue weighted by molar-refractivity contribution is -0.145. The normalized spacial score (nSPS) is 16.2. The molecule has 1 aromatic carbocycles. The summed E-state index contributed by atoms with van der Waals surface area (Å²) in [7, 11) is 1.72. The van der Waals surface area contributed by atoms with Gasteiger partial charge in [-0.1, -0.05) is 0 Å². The van der Waals surface area contributed by atoms with Crippen LogP contribution < -0.4 is 11.1 Å². The molecular formula is C18H19N5O4. The monoisotopic (exact) mass is 369 g/mol. The predicted octanol–water partition coefficient (Wildman–Crippen LogP) is 0.0659. The van der Waals surface area contributed by atoms with Gasteiger partial charge in [-0.05, 0) is 37.1 Å². The fourth-order valence-electron chi connectivity index (χ4n) is 3.04. The highest BCUT2D eigenvalue weighted by atomic mass is 16.2. The molecule has 1 aliphatic heterocycles. The van der Waals surface area contributed by atoms with E-state index in [1.165, 1.54) is 23.2 Å². The number of rotatable bonds is 4. The molecule has 0 radical (unpaired) electrons. The Bertz CT molecular complexity index is 903. The molecule has 3 rings (SSSR count). The van der Waals surface area contributed by atoms with Crippen molar-refractivity contribution in [3.63, 3.8) is 0 Å². The van der Waals surface area contributed by atoms with Gasteiger partial charge >= 0.3 is 11.8 Å². The average Bonchev–Trinajstić information content (AvgIpc) is 3.30. The summed E-state index contributed by atoms with van der Waals surface area (Å²) in [4.78, 5) is 53.4. The van der Waals surface area contributed by atoms with Gasteiger partial charge in [0.05, 0.1) is 0 Å². The molecule has 0 unspecified atom stereocenters. The number of hydrogen-bond donors (Lipinski definition) is 2. The minimum Gasteiger partial charge on any atom is -0.368 e. The Balaban J connectivity index is 1.67. The van der Waals surface area contributed by atoms with Gasteiger partial charge in [-0.25, -0.2) is 4.98 Å². The lowest BCUT2D eigenvalue weighted by Crippen LogP contribution is -2.47. The molecule has 0 bridgehead atoms. The minimum atomic E-state index is -0.855. The largest absolute Gasteiger partial charge is 0.368 e. The molecule has 0 aliphatic carbocycles. The maximum Gasteiger partial charge on any atom is 0.313 e. The first kappa shape index (κ1) is 18.3. The summed E-state index contributed by atoms with van der Waals surface area (Å²) < 4.78 is 1.61. The standard InChI is InChI=1S/C18H19N5O4/c1-22-10-8-20-16(22)14(24)11-4-6-12(7-5-11)21-17(26)18(27)23-9-2-3-13(23)15(19)25/h4-8,10,13H,2-3,9H2,1H3,(H2,19,25)(H,21,26)/t13-/m1/s1. The fraction of sp³-hybridized carbons (Fsp3) is 0.278. The molecule has 1 aliphatic rings. The zero-order valence-electron chi connectivity index (χ0n) is 14.7. The number of carbonyl (C=O) groups excluding carboxylic acids is 4. The van der Waals surface area contributed by atoms with Crippen molar-refractivity contribution in [2.45, 2.75) is 18.9 Å². The van der Waals surface area contributed by atoms with Crippen molar-refractivity contribution >= 4 is 29.2 Å². The Hall–Kier alpha value is -3.49. The lowest BCUT2D eigenvalue weighted by Gasteiger charge is -2.21. The summed E-state index contributed by atoms with van der Waals surface area (Å²) in [6, 6.07) is 5.38. The van der Waals surface area contributed by atoms with Crippen LogP contribution in [0.25, 0.3) is 0 Å². The minimum absolute atomic E-state index is 0.252. The second kappa shape index (κ2) is 7.40. The number of aromatic nitrogens is 2. The number of hydrogen-bond acceptors (Lipinski definition) is 5. The van der Waals surface area contributed by atoms with Gasteiger partial charge in [-0.3, -0.25) is 19.2 Å². The van der Waals surface area contributed by atoms with E-state index in [-0.39, 0.29) is 5.78 Å². The van der Waals surface area contributed by atoms with E-state index < -0.39 is 23.8 Å². The number of nitrogens with one attached hydrogen (secondary N) is 1. The molecule has 3 N–H and O–H groups in total. The number of anilines is 1. The van der Waals surface area contributed by atoms with Gasteiger partial charge in [0, 0.05) is 37.2 Å². The summed E-state index contributed by atoms with van der Waals surface area (Å²) in [6.07, 6.45) is 4.28. The van der Waals surface area contributed by atoms with Gasteiger partial charge in [0.1, 0.15) is 6.04 Å². The molecular weight excluding hydrogens is 350 g/mol. The van der Waals surface area contributed by atoms with Crippen LogP contribution in [0.1, 0.15) is 29.0 Å². The molecule has 3 amide bonds. The molecule has 1 fully saturated rings. The third kappa shape index (κ3) is 3.71. The summed E-state index contributed by atoms with van der Waals surface area (Å²) in [5.74, 6) is -2.23. The third-order valence-electron chi connectivity index (χ3n) is 4.47. The Morgan fingerprint density at radius 2 is 1.89 bits per heavy atom. The Morgan fingerprint density at radius 3 is 2.48 bits per heavy atom. The van der Waals surface area contributed by atoms with Crippen molar-refractivity contribution in [1.82, 2.24) is 14.5 Å². The van der Waals surface area contributed by atoms with Crippen LogP contribution in [0.15, 0.2) is 36.7 Å². The molecule has 2 heterocycles. The highest BCUT2D eigenvalue weighted by Gasteiger charge is 2.35. The smallest absolute Gasteiger partial charge is 0.313 e. The molecule has 9 nitrogen and oxygen atoms in total. The number of primary amides is 1. The molecule has 140 valence electrons. The molecule has 0 saturated carbocycles. The van der Waals surface area contributed by atoms with Crippen molar-refractivity contribution in [3.8, 4) is 0 Å². The van der Waals surface area contributed by atoms with Crippen LogP contribution in [0, 0.1) is 0 Å². The number of aryl methyl sites for hydroxylation is 1. The van der Waals surface area contributed by atoms with Crippen LogP contribution in [0.5, 0.6) is 0 Å². The van der Waals surface area contributed by atoms with Crippen LogP contribution in [0.3, 0.4) is 0 Å². The number of ketones is 1. The SMILES string of the molecule is Cn1ccnc1C(=O)c1ccc(NC(=O)C(=O)N2CCC[C@@H]2C(N)=O)cc1. The first-order valence-electron chi connectivity index (χ1n) is 8.42. The lowest BCUT2D eigenvalue weighted by atomic mass is 10.1. The van der Waals surface area contributed by atoms with Crippen LogP contribution in [-0.4, -0.2) is 50.5 Å². The first-order valence-corrected chi connectivity index (χ1v) is 8.42. The number of carbonyl (C=O) groups is 4. The van der Waals surface area contributed by atoms with Gasteiger partial charge in [0.2, 0.25) is 11.7 Å². The highest BCUT2D eigenvalue weighted by Crippen LogP contribution is 2.18. The van der Waals surface area contributed by atoms with Gasteiger partial charge < -0.3 is 20.5 Å². The average molecular weight is 369 g/mol. The summed E-state index contributed by atoms with van der Waals surface area (Å²) in [5, 5.41) is 2.48. The van der Waals surface area contributed by atoms with E-state index >= 15 is 0 Å². The van der Waals surface area contributed by atoms with Crippen molar-refractivity contribution in [2.75, 3.05) is 11.9 Å². The predicted molar refractivity (Wildman–Crippen MR) is 95.6 cm³/mol. The van der Waals surface area contributed by atoms with Crippen molar-refractivity contribution in [1.29, 1.82) is 0 Å². The number of nitrogens with zero attached hydrogens (tertiary/aromatic N) is 3. The summed E-state index contributed by atoms with van der Waals surface area (Å²) >= 11 is 0.